The fraction of sp³-hybridized carbons (Fsp3) is 0.400. The summed E-state index contributed by atoms with van der Waals surface area (Å²) in [7, 11) is -3.60. The summed E-state index contributed by atoms with van der Waals surface area (Å²) >= 11 is 3.31. The van der Waals surface area contributed by atoms with Crippen molar-refractivity contribution in [3.8, 4) is 0 Å². The van der Waals surface area contributed by atoms with Crippen LogP contribution in [-0.2, 0) is 14.8 Å². The molecule has 1 atom stereocenters. The normalized spacial score (nSPS) is 20.5. The molecule has 0 aliphatic carbocycles. The Morgan fingerprint density at radius 2 is 1.70 bits per heavy atom. The maximum absolute atomic E-state index is 13.1. The Morgan fingerprint density at radius 3 is 2.33 bits per heavy atom. The minimum absolute atomic E-state index is 0.131. The van der Waals surface area contributed by atoms with Gasteiger partial charge in [-0.2, -0.15) is 4.31 Å². The van der Waals surface area contributed by atoms with E-state index in [2.05, 4.69) is 15.9 Å². The van der Waals surface area contributed by atoms with Crippen molar-refractivity contribution in [2.24, 2.45) is 0 Å². The van der Waals surface area contributed by atoms with E-state index in [9.17, 15) is 18.0 Å². The van der Waals surface area contributed by atoms with Gasteiger partial charge in [0.15, 0.2) is 5.76 Å². The smallest absolute Gasteiger partial charge is 0.290 e. The zero-order valence-corrected chi connectivity index (χ0v) is 18.6. The van der Waals surface area contributed by atoms with Gasteiger partial charge >= 0.3 is 0 Å². The largest absolute Gasteiger partial charge is 0.459 e. The van der Waals surface area contributed by atoms with Crippen molar-refractivity contribution in [3.05, 3.63) is 52.9 Å². The Balaban J connectivity index is 1.40. The molecule has 2 aromatic rings. The Kier molecular flexibility index (Phi) is 5.99. The van der Waals surface area contributed by atoms with Crippen LogP contribution >= 0.6 is 15.9 Å². The van der Waals surface area contributed by atoms with Gasteiger partial charge in [-0.1, -0.05) is 15.9 Å². The molecule has 2 aliphatic heterocycles. The number of hydrogen-bond acceptors (Lipinski definition) is 5. The van der Waals surface area contributed by atoms with Crippen molar-refractivity contribution in [1.29, 1.82) is 0 Å². The number of hydrogen-bond donors (Lipinski definition) is 0. The third-order valence-electron chi connectivity index (χ3n) is 5.53. The third kappa shape index (κ3) is 4.03. The van der Waals surface area contributed by atoms with Gasteiger partial charge in [0, 0.05) is 37.2 Å². The van der Waals surface area contributed by atoms with Crippen molar-refractivity contribution in [1.82, 2.24) is 14.1 Å². The number of amides is 2. The molecule has 3 heterocycles. The molecule has 0 saturated carbocycles. The van der Waals surface area contributed by atoms with Crippen molar-refractivity contribution < 1.29 is 22.4 Å². The van der Waals surface area contributed by atoms with E-state index in [0.717, 1.165) is 10.9 Å². The van der Waals surface area contributed by atoms with Gasteiger partial charge in [0.2, 0.25) is 15.9 Å². The number of carbonyl (C=O) groups is 2. The van der Waals surface area contributed by atoms with Crippen LogP contribution < -0.4 is 0 Å². The van der Waals surface area contributed by atoms with Gasteiger partial charge in [0.05, 0.1) is 11.2 Å². The van der Waals surface area contributed by atoms with E-state index in [0.29, 0.717) is 26.1 Å². The quantitative estimate of drug-likeness (QED) is 0.648. The van der Waals surface area contributed by atoms with Crippen LogP contribution in [0.3, 0.4) is 0 Å². The predicted octanol–water partition coefficient (Wildman–Crippen LogP) is 2.18. The van der Waals surface area contributed by atoms with E-state index < -0.39 is 16.1 Å². The van der Waals surface area contributed by atoms with E-state index in [1.54, 1.807) is 46.2 Å². The molecule has 0 N–H and O–H groups in total. The number of rotatable bonds is 4. The molecule has 10 heteroatoms. The van der Waals surface area contributed by atoms with Crippen molar-refractivity contribution in [2.45, 2.75) is 23.8 Å². The molecule has 2 fully saturated rings. The number of furan rings is 1. The molecule has 1 aromatic heterocycles. The highest BCUT2D eigenvalue weighted by atomic mass is 79.9. The maximum atomic E-state index is 13.1. The lowest BCUT2D eigenvalue weighted by Gasteiger charge is -2.36. The second kappa shape index (κ2) is 8.52. The van der Waals surface area contributed by atoms with Crippen LogP contribution in [0.5, 0.6) is 0 Å². The molecule has 2 saturated heterocycles. The van der Waals surface area contributed by atoms with E-state index in [-0.39, 0.29) is 35.6 Å². The molecule has 160 valence electrons. The fourth-order valence-electron chi connectivity index (χ4n) is 3.92. The zero-order valence-electron chi connectivity index (χ0n) is 16.2. The Hall–Kier alpha value is -2.17. The Morgan fingerprint density at radius 1 is 1.00 bits per heavy atom. The summed E-state index contributed by atoms with van der Waals surface area (Å²) in [6, 6.07) is 9.21. The summed E-state index contributed by atoms with van der Waals surface area (Å²) < 4.78 is 33.1. The van der Waals surface area contributed by atoms with Crippen LogP contribution in [0.15, 0.2) is 56.4 Å². The fourth-order valence-corrected chi connectivity index (χ4v) is 5.61. The summed E-state index contributed by atoms with van der Waals surface area (Å²) in [6.45, 7) is 1.56. The topological polar surface area (TPSA) is 91.1 Å². The number of sulfonamides is 1. The van der Waals surface area contributed by atoms with Crippen molar-refractivity contribution in [3.63, 3.8) is 0 Å². The summed E-state index contributed by atoms with van der Waals surface area (Å²) in [4.78, 5) is 29.2. The van der Waals surface area contributed by atoms with E-state index in [1.807, 2.05) is 0 Å². The molecule has 1 aromatic carbocycles. The van der Waals surface area contributed by atoms with E-state index in [1.165, 1.54) is 10.6 Å². The molecular weight excluding hydrogens is 474 g/mol. The molecule has 30 heavy (non-hydrogen) atoms. The lowest BCUT2D eigenvalue weighted by atomic mass is 10.1. The van der Waals surface area contributed by atoms with Gasteiger partial charge in [-0.3, -0.25) is 9.59 Å². The number of halogens is 1. The van der Waals surface area contributed by atoms with Crippen LogP contribution in [0.4, 0.5) is 0 Å². The average molecular weight is 496 g/mol. The van der Waals surface area contributed by atoms with Crippen LogP contribution in [0, 0.1) is 0 Å². The highest BCUT2D eigenvalue weighted by Crippen LogP contribution is 2.24. The van der Waals surface area contributed by atoms with Gasteiger partial charge in [0.25, 0.3) is 5.91 Å². The number of nitrogens with zero attached hydrogens (tertiary/aromatic N) is 3. The second-order valence-corrected chi connectivity index (χ2v) is 10.2. The first-order valence-corrected chi connectivity index (χ1v) is 12.0. The molecule has 0 radical (unpaired) electrons. The lowest BCUT2D eigenvalue weighted by molar-refractivity contribution is -0.136. The van der Waals surface area contributed by atoms with Gasteiger partial charge < -0.3 is 14.2 Å². The maximum Gasteiger partial charge on any atom is 0.290 e. The molecule has 0 spiro atoms. The molecule has 2 amide bonds. The number of carbonyl (C=O) groups excluding carboxylic acids is 2. The molecule has 0 bridgehead atoms. The molecule has 4 rings (SSSR count). The zero-order chi connectivity index (χ0) is 21.3. The first-order valence-electron chi connectivity index (χ1n) is 9.77. The molecule has 1 unspecified atom stereocenters. The third-order valence-corrected chi connectivity index (χ3v) is 7.97. The van der Waals surface area contributed by atoms with E-state index >= 15 is 0 Å². The Bertz CT molecular complexity index is 1020. The average Bonchev–Trinajstić information content (AvgIpc) is 3.45. The standard InChI is InChI=1S/C20H22BrN3O5S/c21-15-5-7-16(8-6-15)30(27,28)23-12-10-22(11-13-23)19(25)17-3-1-9-24(17)20(26)18-4-2-14-29-18/h2,4-8,14,17H,1,3,9-13H2. The lowest BCUT2D eigenvalue weighted by Crippen LogP contribution is -2.55. The van der Waals surface area contributed by atoms with Crippen LogP contribution in [0.1, 0.15) is 23.4 Å². The molecular formula is C20H22BrN3O5S. The first kappa shape index (κ1) is 21.1. The highest BCUT2D eigenvalue weighted by molar-refractivity contribution is 9.10. The monoisotopic (exact) mass is 495 g/mol. The van der Waals surface area contributed by atoms with Crippen LogP contribution in [-0.4, -0.2) is 73.1 Å². The van der Waals surface area contributed by atoms with Crippen molar-refractivity contribution in [2.75, 3.05) is 32.7 Å². The summed E-state index contributed by atoms with van der Waals surface area (Å²) in [6.07, 6.45) is 2.79. The van der Waals surface area contributed by atoms with Gasteiger partial charge in [-0.25, -0.2) is 8.42 Å². The Labute approximate surface area is 183 Å². The number of piperazine rings is 1. The summed E-state index contributed by atoms with van der Waals surface area (Å²) in [5.41, 5.74) is 0. The minimum atomic E-state index is -3.60. The molecule has 8 nitrogen and oxygen atoms in total. The second-order valence-electron chi connectivity index (χ2n) is 7.32. The van der Waals surface area contributed by atoms with Gasteiger partial charge in [-0.05, 0) is 49.2 Å². The molecule has 2 aliphatic rings. The predicted molar refractivity (Wildman–Crippen MR) is 112 cm³/mol. The van der Waals surface area contributed by atoms with E-state index in [4.69, 9.17) is 4.42 Å². The summed E-state index contributed by atoms with van der Waals surface area (Å²) in [5, 5.41) is 0. The summed E-state index contributed by atoms with van der Waals surface area (Å²) in [5.74, 6) is -0.194. The number of benzene rings is 1. The number of likely N-dealkylation sites (tertiary alicyclic amines) is 1. The first-order chi connectivity index (χ1) is 14.4. The van der Waals surface area contributed by atoms with Crippen LogP contribution in [0.25, 0.3) is 0 Å². The van der Waals surface area contributed by atoms with Crippen molar-refractivity contribution >= 4 is 37.8 Å². The van der Waals surface area contributed by atoms with Crippen LogP contribution in [0.2, 0.25) is 0 Å². The highest BCUT2D eigenvalue weighted by Gasteiger charge is 2.39. The van der Waals surface area contributed by atoms with Gasteiger partial charge in [-0.15, -0.1) is 0 Å². The SMILES string of the molecule is O=C(C1CCCN1C(=O)c1ccco1)N1CCN(S(=O)(=O)c2ccc(Br)cc2)CC1. The minimum Gasteiger partial charge on any atom is -0.459 e. The van der Waals surface area contributed by atoms with Gasteiger partial charge in [0.1, 0.15) is 6.04 Å².